The summed E-state index contributed by atoms with van der Waals surface area (Å²) in [5.74, 6) is -1.19. The number of carboxylic acids is 1. The first-order valence-electron chi connectivity index (χ1n) is 12.5. The zero-order valence-electron chi connectivity index (χ0n) is 20.5. The molecule has 5 atom stereocenters. The lowest BCUT2D eigenvalue weighted by Gasteiger charge is -2.71. The minimum absolute atomic E-state index is 0.0601. The fourth-order valence-corrected chi connectivity index (χ4v) is 7.64. The first kappa shape index (κ1) is 25.6. The van der Waals surface area contributed by atoms with Gasteiger partial charge >= 0.3 is 11.9 Å². The summed E-state index contributed by atoms with van der Waals surface area (Å²) in [5.41, 5.74) is 1.28. The number of hydrogen-bond donors (Lipinski definition) is 2. The summed E-state index contributed by atoms with van der Waals surface area (Å²) in [6.45, 7) is 3.38. The molecule has 1 saturated carbocycles. The van der Waals surface area contributed by atoms with Gasteiger partial charge in [0.15, 0.2) is 10.8 Å². The van der Waals surface area contributed by atoms with Crippen LogP contribution in [0.3, 0.4) is 0 Å². The molecule has 4 aliphatic rings. The maximum atomic E-state index is 14.6. The van der Waals surface area contributed by atoms with Gasteiger partial charge in [-0.25, -0.2) is 14.2 Å². The Hall–Kier alpha value is -2.67. The average Bonchev–Trinajstić information content (AvgIpc) is 3.57. The Labute approximate surface area is 230 Å². The molecule has 2 aromatic rings. The molecule has 1 spiro atoms. The van der Waals surface area contributed by atoms with Crippen molar-refractivity contribution in [2.45, 2.75) is 37.9 Å². The molecule has 2 N–H and O–H groups in total. The zero-order valence-corrected chi connectivity index (χ0v) is 22.9. The molecule has 12 heteroatoms. The van der Waals surface area contributed by atoms with Crippen LogP contribution in [0.15, 0.2) is 50.5 Å². The molecule has 1 unspecified atom stereocenters. The maximum Gasteiger partial charge on any atom is 0.338 e. The topological polar surface area (TPSA) is 113 Å². The Bertz CT molecular complexity index is 1350. The number of rotatable bonds is 8. The number of benzene rings is 1. The second kappa shape index (κ2) is 9.82. The average molecular weight is 605 g/mol. The number of piperidine rings is 1. The van der Waals surface area contributed by atoms with Gasteiger partial charge in [0.1, 0.15) is 11.9 Å². The molecule has 2 saturated heterocycles. The quantitative estimate of drug-likeness (QED) is 0.440. The molecule has 0 amide bonds. The van der Waals surface area contributed by atoms with Crippen molar-refractivity contribution in [2.75, 3.05) is 26.4 Å². The number of aromatic nitrogens is 1. The van der Waals surface area contributed by atoms with Crippen LogP contribution in [0.4, 0.5) is 4.39 Å². The predicted molar refractivity (Wildman–Crippen MR) is 140 cm³/mol. The smallest absolute Gasteiger partial charge is 0.338 e. The van der Waals surface area contributed by atoms with Crippen LogP contribution >= 0.6 is 27.3 Å². The van der Waals surface area contributed by atoms with Crippen LogP contribution in [-0.4, -0.2) is 71.2 Å². The van der Waals surface area contributed by atoms with Gasteiger partial charge in [0.2, 0.25) is 0 Å². The molecule has 1 aromatic carbocycles. The summed E-state index contributed by atoms with van der Waals surface area (Å²) in [6, 6.07) is 4.09. The first-order chi connectivity index (χ1) is 18.3. The van der Waals surface area contributed by atoms with Crippen molar-refractivity contribution < 1.29 is 28.6 Å². The fraction of sp³-hybridized carbons (Fsp3) is 0.462. The second-order valence-electron chi connectivity index (χ2n) is 9.96. The van der Waals surface area contributed by atoms with Gasteiger partial charge in [-0.1, -0.05) is 12.1 Å². The summed E-state index contributed by atoms with van der Waals surface area (Å²) in [4.78, 5) is 36.4. The summed E-state index contributed by atoms with van der Waals surface area (Å²) in [7, 11) is 0. The highest BCUT2D eigenvalue weighted by Gasteiger charge is 2.73. The van der Waals surface area contributed by atoms with E-state index in [0.29, 0.717) is 47.4 Å². The van der Waals surface area contributed by atoms with Gasteiger partial charge < -0.3 is 19.9 Å². The molecule has 4 heterocycles. The lowest BCUT2D eigenvalue weighted by atomic mass is 9.46. The minimum atomic E-state index is -0.818. The molecule has 3 aliphatic heterocycles. The lowest BCUT2D eigenvalue weighted by Crippen LogP contribution is -2.80. The van der Waals surface area contributed by atoms with E-state index in [1.165, 1.54) is 17.4 Å². The van der Waals surface area contributed by atoms with Crippen molar-refractivity contribution in [3.05, 3.63) is 61.9 Å². The number of carboxylic acid groups (broad SMARTS) is 1. The number of esters is 1. The van der Waals surface area contributed by atoms with Crippen molar-refractivity contribution in [3.63, 3.8) is 0 Å². The summed E-state index contributed by atoms with van der Waals surface area (Å²) >= 11 is 4.77. The van der Waals surface area contributed by atoms with Crippen LogP contribution in [0, 0.1) is 17.2 Å². The van der Waals surface area contributed by atoms with Gasteiger partial charge in [-0.2, -0.15) is 0 Å². The Morgan fingerprint density at radius 1 is 1.39 bits per heavy atom. The molecular weight excluding hydrogens is 579 g/mol. The van der Waals surface area contributed by atoms with E-state index < -0.39 is 23.8 Å². The number of likely N-dealkylation sites (tertiary alicyclic amines) is 1. The SMILES string of the molecule is CCOC(=O)C1=C(CN2[C@@H]3COCC34[C@@H](CC(=O)O)C[C@@H]24)NC(c2nccs2)=N[C@H]1c1cccc(F)c1Br. The number of aliphatic imine (C=N–C) groups is 1. The van der Waals surface area contributed by atoms with Gasteiger partial charge in [0, 0.05) is 47.7 Å². The minimum Gasteiger partial charge on any atom is -0.481 e. The molecule has 0 radical (unpaired) electrons. The van der Waals surface area contributed by atoms with E-state index in [0.717, 1.165) is 6.42 Å². The Morgan fingerprint density at radius 3 is 2.97 bits per heavy atom. The third-order valence-corrected chi connectivity index (χ3v) is 9.85. The third-order valence-electron chi connectivity index (χ3n) is 8.23. The van der Waals surface area contributed by atoms with Gasteiger partial charge in [0.05, 0.1) is 29.9 Å². The number of ether oxygens (including phenoxy) is 2. The first-order valence-corrected chi connectivity index (χ1v) is 14.2. The van der Waals surface area contributed by atoms with Gasteiger partial charge in [0.25, 0.3) is 0 Å². The largest absolute Gasteiger partial charge is 0.481 e. The zero-order chi connectivity index (χ0) is 26.6. The summed E-state index contributed by atoms with van der Waals surface area (Å²) in [5, 5.41) is 15.2. The number of thiazole rings is 1. The van der Waals surface area contributed by atoms with Gasteiger partial charge in [-0.15, -0.1) is 11.3 Å². The number of carbonyl (C=O) groups excluding carboxylic acids is 1. The fourth-order valence-electron chi connectivity index (χ4n) is 6.57. The molecule has 3 fully saturated rings. The Balaban J connectivity index is 1.40. The molecule has 1 aliphatic carbocycles. The molecule has 38 heavy (non-hydrogen) atoms. The normalized spacial score (nSPS) is 29.9. The van der Waals surface area contributed by atoms with E-state index in [2.05, 4.69) is 31.1 Å². The van der Waals surface area contributed by atoms with Crippen molar-refractivity contribution in [3.8, 4) is 0 Å². The number of amidine groups is 1. The van der Waals surface area contributed by atoms with E-state index >= 15 is 0 Å². The second-order valence-corrected chi connectivity index (χ2v) is 11.6. The predicted octanol–water partition coefficient (Wildman–Crippen LogP) is 3.52. The van der Waals surface area contributed by atoms with Crippen LogP contribution < -0.4 is 5.32 Å². The Kier molecular flexibility index (Phi) is 6.61. The number of nitrogens with one attached hydrogen (secondary N) is 1. The molecule has 9 nitrogen and oxygen atoms in total. The van der Waals surface area contributed by atoms with Crippen LogP contribution in [0.25, 0.3) is 0 Å². The number of carbonyl (C=O) groups is 2. The van der Waals surface area contributed by atoms with E-state index in [9.17, 15) is 19.1 Å². The highest BCUT2D eigenvalue weighted by atomic mass is 79.9. The number of nitrogens with zero attached hydrogens (tertiary/aromatic N) is 3. The summed E-state index contributed by atoms with van der Waals surface area (Å²) in [6.07, 6.45) is 2.58. The summed E-state index contributed by atoms with van der Waals surface area (Å²) < 4.78 is 26.2. The van der Waals surface area contributed by atoms with E-state index in [1.807, 2.05) is 5.38 Å². The maximum absolute atomic E-state index is 14.6. The standard InChI is InChI=1S/C26H26BrFN4O5S/c1-2-37-25(35)20-16(10-32-17-8-13(9-19(33)34)26(17)12-36-11-18(26)32)30-23(24-29-6-7-38-24)31-22(20)14-4-3-5-15(28)21(14)27/h3-7,13,17-18,22H,2,8-12H2,1H3,(H,30,31)(H,33,34)/t13-,17-,18-,22+,26?/m1/s1. The molecule has 200 valence electrons. The van der Waals surface area contributed by atoms with E-state index in [1.54, 1.807) is 25.3 Å². The van der Waals surface area contributed by atoms with Crippen molar-refractivity contribution >= 4 is 45.0 Å². The van der Waals surface area contributed by atoms with Crippen molar-refractivity contribution in [1.29, 1.82) is 0 Å². The highest BCUT2D eigenvalue weighted by molar-refractivity contribution is 9.10. The van der Waals surface area contributed by atoms with Crippen molar-refractivity contribution in [2.24, 2.45) is 16.3 Å². The highest BCUT2D eigenvalue weighted by Crippen LogP contribution is 2.65. The van der Waals surface area contributed by atoms with E-state index in [-0.39, 0.29) is 40.9 Å². The molecular formula is C26H26BrFN4O5S. The van der Waals surface area contributed by atoms with Crippen LogP contribution in [0.5, 0.6) is 0 Å². The van der Waals surface area contributed by atoms with Crippen molar-refractivity contribution in [1.82, 2.24) is 15.2 Å². The molecule has 0 bridgehead atoms. The number of aliphatic carboxylic acids is 1. The van der Waals surface area contributed by atoms with Crippen LogP contribution in [0.2, 0.25) is 0 Å². The monoisotopic (exact) mass is 604 g/mol. The number of halogens is 2. The van der Waals surface area contributed by atoms with Crippen LogP contribution in [0.1, 0.15) is 36.4 Å². The third kappa shape index (κ3) is 3.92. The lowest BCUT2D eigenvalue weighted by molar-refractivity contribution is -0.222. The van der Waals surface area contributed by atoms with Gasteiger partial charge in [-0.3, -0.25) is 14.7 Å². The van der Waals surface area contributed by atoms with Gasteiger partial charge in [-0.05, 0) is 46.8 Å². The number of hydrogen-bond acceptors (Lipinski definition) is 9. The Morgan fingerprint density at radius 2 is 2.24 bits per heavy atom. The van der Waals surface area contributed by atoms with E-state index in [4.69, 9.17) is 14.5 Å². The molecule has 1 aromatic heterocycles. The van der Waals surface area contributed by atoms with Crippen LogP contribution in [-0.2, 0) is 19.1 Å². The molecule has 6 rings (SSSR count).